The molecule has 0 saturated heterocycles. The van der Waals surface area contributed by atoms with Crippen LogP contribution in [0.4, 0.5) is 0 Å². The summed E-state index contributed by atoms with van der Waals surface area (Å²) in [5, 5.41) is 22.2. The first-order chi connectivity index (χ1) is 7.63. The van der Waals surface area contributed by atoms with Gasteiger partial charge in [0.15, 0.2) is 0 Å². The fraction of sp³-hybridized carbons (Fsp3) is 1.00. The van der Waals surface area contributed by atoms with Crippen LogP contribution in [0.25, 0.3) is 0 Å². The molecule has 0 aromatic carbocycles. The van der Waals surface area contributed by atoms with Crippen molar-refractivity contribution in [3.63, 3.8) is 0 Å². The second-order valence-electron chi connectivity index (χ2n) is 5.63. The van der Waals surface area contributed by atoms with E-state index in [-0.39, 0.29) is 24.7 Å². The van der Waals surface area contributed by atoms with Crippen molar-refractivity contribution in [2.24, 2.45) is 11.3 Å². The molecule has 0 amide bonds. The molecular formula is C13H27NO2. The lowest BCUT2D eigenvalue weighted by molar-refractivity contribution is 0.0717. The van der Waals surface area contributed by atoms with Crippen molar-refractivity contribution in [2.45, 2.75) is 52.0 Å². The molecule has 1 saturated carbocycles. The smallest absolute Gasteiger partial charge is 0.0587 e. The molecule has 0 spiro atoms. The number of nitrogens with one attached hydrogen (secondary N) is 1. The monoisotopic (exact) mass is 229 g/mol. The van der Waals surface area contributed by atoms with Gasteiger partial charge in [-0.2, -0.15) is 0 Å². The fourth-order valence-corrected chi connectivity index (χ4v) is 2.55. The Kier molecular flexibility index (Phi) is 5.73. The molecule has 0 radical (unpaired) electrons. The Morgan fingerprint density at radius 2 is 1.75 bits per heavy atom. The van der Waals surface area contributed by atoms with Crippen LogP contribution in [0.1, 0.15) is 46.0 Å². The third-order valence-electron chi connectivity index (χ3n) is 3.99. The summed E-state index contributed by atoms with van der Waals surface area (Å²) in [6, 6.07) is 0.158. The summed E-state index contributed by atoms with van der Waals surface area (Å²) in [7, 11) is 0. The second-order valence-corrected chi connectivity index (χ2v) is 5.63. The SMILES string of the molecule is CC(C)[C@@H](CO)NCC1(CO)CCCCC1. The molecule has 1 aliphatic rings. The van der Waals surface area contributed by atoms with Crippen LogP contribution in [0, 0.1) is 11.3 Å². The number of rotatable bonds is 6. The van der Waals surface area contributed by atoms with E-state index in [1.54, 1.807) is 0 Å². The van der Waals surface area contributed by atoms with Gasteiger partial charge in [-0.05, 0) is 18.8 Å². The van der Waals surface area contributed by atoms with Crippen LogP contribution in [0.5, 0.6) is 0 Å². The molecule has 1 aliphatic carbocycles. The summed E-state index contributed by atoms with van der Waals surface area (Å²) >= 11 is 0. The van der Waals surface area contributed by atoms with Gasteiger partial charge < -0.3 is 15.5 Å². The Balaban J connectivity index is 2.43. The molecular weight excluding hydrogens is 202 g/mol. The topological polar surface area (TPSA) is 52.5 Å². The summed E-state index contributed by atoms with van der Waals surface area (Å²) in [5.41, 5.74) is 0.0700. The molecule has 16 heavy (non-hydrogen) atoms. The zero-order valence-electron chi connectivity index (χ0n) is 10.7. The van der Waals surface area contributed by atoms with Gasteiger partial charge in [0.2, 0.25) is 0 Å². The molecule has 3 nitrogen and oxygen atoms in total. The van der Waals surface area contributed by atoms with Gasteiger partial charge in [-0.15, -0.1) is 0 Å². The molecule has 0 aromatic rings. The highest BCUT2D eigenvalue weighted by molar-refractivity contribution is 4.86. The lowest BCUT2D eigenvalue weighted by Crippen LogP contribution is -2.46. The highest BCUT2D eigenvalue weighted by Crippen LogP contribution is 2.35. The molecule has 3 N–H and O–H groups in total. The van der Waals surface area contributed by atoms with E-state index in [9.17, 15) is 10.2 Å². The maximum absolute atomic E-state index is 9.56. The minimum atomic E-state index is 0.0700. The number of hydrogen-bond acceptors (Lipinski definition) is 3. The highest BCUT2D eigenvalue weighted by atomic mass is 16.3. The summed E-state index contributed by atoms with van der Waals surface area (Å²) < 4.78 is 0. The van der Waals surface area contributed by atoms with Gasteiger partial charge in [0, 0.05) is 24.6 Å². The van der Waals surface area contributed by atoms with E-state index in [1.165, 1.54) is 19.3 Å². The van der Waals surface area contributed by atoms with Crippen molar-refractivity contribution >= 4 is 0 Å². The number of aliphatic hydroxyl groups is 2. The standard InChI is InChI=1S/C13H27NO2/c1-11(2)12(8-15)14-9-13(10-16)6-4-3-5-7-13/h11-12,14-16H,3-10H2,1-2H3/t12-/m1/s1. The molecule has 0 heterocycles. The Hall–Kier alpha value is -0.120. The minimum Gasteiger partial charge on any atom is -0.396 e. The van der Waals surface area contributed by atoms with E-state index in [1.807, 2.05) is 0 Å². The second kappa shape index (κ2) is 6.58. The largest absolute Gasteiger partial charge is 0.396 e. The molecule has 0 unspecified atom stereocenters. The normalized spacial score (nSPS) is 22.3. The first kappa shape index (κ1) is 13.9. The maximum atomic E-state index is 9.56. The van der Waals surface area contributed by atoms with E-state index in [0.717, 1.165) is 19.4 Å². The van der Waals surface area contributed by atoms with Crippen LogP contribution < -0.4 is 5.32 Å². The van der Waals surface area contributed by atoms with E-state index >= 15 is 0 Å². The van der Waals surface area contributed by atoms with Gasteiger partial charge >= 0.3 is 0 Å². The van der Waals surface area contributed by atoms with E-state index in [4.69, 9.17) is 0 Å². The minimum absolute atomic E-state index is 0.0700. The molecule has 1 rings (SSSR count). The summed E-state index contributed by atoms with van der Waals surface area (Å²) in [5.74, 6) is 0.435. The van der Waals surface area contributed by atoms with Crippen LogP contribution in [0.3, 0.4) is 0 Å². The van der Waals surface area contributed by atoms with Gasteiger partial charge in [-0.25, -0.2) is 0 Å². The molecule has 96 valence electrons. The van der Waals surface area contributed by atoms with Crippen LogP contribution in [-0.2, 0) is 0 Å². The molecule has 1 atom stereocenters. The van der Waals surface area contributed by atoms with Gasteiger partial charge in [0.1, 0.15) is 0 Å². The first-order valence-corrected chi connectivity index (χ1v) is 6.59. The summed E-state index contributed by atoms with van der Waals surface area (Å²) in [6.07, 6.45) is 6.00. The maximum Gasteiger partial charge on any atom is 0.0587 e. The van der Waals surface area contributed by atoms with Crippen LogP contribution in [0.15, 0.2) is 0 Å². The van der Waals surface area contributed by atoms with Crippen molar-refractivity contribution in [3.05, 3.63) is 0 Å². The summed E-state index contributed by atoms with van der Waals surface area (Å²) in [6.45, 7) is 5.52. The lowest BCUT2D eigenvalue weighted by Gasteiger charge is -2.37. The lowest BCUT2D eigenvalue weighted by atomic mass is 9.74. The van der Waals surface area contributed by atoms with Crippen LogP contribution >= 0.6 is 0 Å². The van der Waals surface area contributed by atoms with E-state index < -0.39 is 0 Å². The quantitative estimate of drug-likeness (QED) is 0.647. The Morgan fingerprint density at radius 1 is 1.12 bits per heavy atom. The zero-order chi connectivity index (χ0) is 12.0. The summed E-state index contributed by atoms with van der Waals surface area (Å²) in [4.78, 5) is 0. The fourth-order valence-electron chi connectivity index (χ4n) is 2.55. The molecule has 0 bridgehead atoms. The Labute approximate surface area is 99.3 Å². The van der Waals surface area contributed by atoms with Crippen molar-refractivity contribution < 1.29 is 10.2 Å². The van der Waals surface area contributed by atoms with E-state index in [0.29, 0.717) is 5.92 Å². The predicted octanol–water partition coefficient (Wildman–Crippen LogP) is 1.54. The van der Waals surface area contributed by atoms with Crippen molar-refractivity contribution in [3.8, 4) is 0 Å². The van der Waals surface area contributed by atoms with Crippen molar-refractivity contribution in [1.82, 2.24) is 5.32 Å². The van der Waals surface area contributed by atoms with Crippen LogP contribution in [-0.4, -0.2) is 36.0 Å². The van der Waals surface area contributed by atoms with Gasteiger partial charge in [0.25, 0.3) is 0 Å². The average Bonchev–Trinajstić information content (AvgIpc) is 2.30. The zero-order valence-corrected chi connectivity index (χ0v) is 10.7. The van der Waals surface area contributed by atoms with Crippen molar-refractivity contribution in [1.29, 1.82) is 0 Å². The third kappa shape index (κ3) is 3.72. The Morgan fingerprint density at radius 3 is 2.19 bits per heavy atom. The first-order valence-electron chi connectivity index (χ1n) is 6.59. The molecule has 0 aromatic heterocycles. The molecule has 3 heteroatoms. The Bertz CT molecular complexity index is 188. The van der Waals surface area contributed by atoms with Gasteiger partial charge in [-0.3, -0.25) is 0 Å². The van der Waals surface area contributed by atoms with Crippen molar-refractivity contribution in [2.75, 3.05) is 19.8 Å². The van der Waals surface area contributed by atoms with E-state index in [2.05, 4.69) is 19.2 Å². The van der Waals surface area contributed by atoms with Gasteiger partial charge in [0.05, 0.1) is 6.61 Å². The molecule has 1 fully saturated rings. The average molecular weight is 229 g/mol. The highest BCUT2D eigenvalue weighted by Gasteiger charge is 2.31. The number of hydrogen-bond donors (Lipinski definition) is 3. The molecule has 0 aliphatic heterocycles. The number of aliphatic hydroxyl groups excluding tert-OH is 2. The van der Waals surface area contributed by atoms with Crippen LogP contribution in [0.2, 0.25) is 0 Å². The van der Waals surface area contributed by atoms with Gasteiger partial charge in [-0.1, -0.05) is 33.1 Å². The third-order valence-corrected chi connectivity index (χ3v) is 3.99. The predicted molar refractivity (Wildman–Crippen MR) is 66.3 cm³/mol.